The van der Waals surface area contributed by atoms with E-state index in [1.807, 2.05) is 18.2 Å². The fourth-order valence-corrected chi connectivity index (χ4v) is 1.85. The molecule has 1 aromatic carbocycles. The van der Waals surface area contributed by atoms with Crippen LogP contribution in [0.3, 0.4) is 0 Å². The summed E-state index contributed by atoms with van der Waals surface area (Å²) in [5, 5.41) is 8.63. The van der Waals surface area contributed by atoms with E-state index in [2.05, 4.69) is 20.7 Å². The van der Waals surface area contributed by atoms with E-state index in [9.17, 15) is 9.59 Å². The summed E-state index contributed by atoms with van der Waals surface area (Å²) < 4.78 is 5.43. The van der Waals surface area contributed by atoms with Crippen molar-refractivity contribution < 1.29 is 19.4 Å². The Labute approximate surface area is 108 Å². The lowest BCUT2D eigenvalue weighted by molar-refractivity contribution is -0.140. The topological polar surface area (TPSA) is 63.6 Å². The van der Waals surface area contributed by atoms with Gasteiger partial charge in [0.25, 0.3) is 0 Å². The van der Waals surface area contributed by atoms with Crippen LogP contribution in [-0.4, -0.2) is 24.2 Å². The molecular weight excluding hydrogens is 288 g/mol. The molecule has 92 valence electrons. The summed E-state index contributed by atoms with van der Waals surface area (Å²) in [5.74, 6) is -1.15. The summed E-state index contributed by atoms with van der Waals surface area (Å²) in [6.07, 6.45) is 0.703. The van der Waals surface area contributed by atoms with Crippen molar-refractivity contribution >= 4 is 27.9 Å². The quantitative estimate of drug-likeness (QED) is 0.847. The van der Waals surface area contributed by atoms with Gasteiger partial charge < -0.3 is 9.84 Å². The first-order valence-corrected chi connectivity index (χ1v) is 5.88. The largest absolute Gasteiger partial charge is 0.481 e. The fourth-order valence-electron chi connectivity index (χ4n) is 1.41. The molecule has 0 unspecified atom stereocenters. The van der Waals surface area contributed by atoms with Gasteiger partial charge in [0.1, 0.15) is 0 Å². The number of aryl methyl sites for hydroxylation is 1. The second-order valence-electron chi connectivity index (χ2n) is 3.57. The van der Waals surface area contributed by atoms with Gasteiger partial charge in [0.05, 0.1) is 13.5 Å². The molecule has 0 saturated heterocycles. The predicted octanol–water partition coefficient (Wildman–Crippen LogP) is 2.18. The van der Waals surface area contributed by atoms with Crippen LogP contribution < -0.4 is 0 Å². The van der Waals surface area contributed by atoms with Gasteiger partial charge >= 0.3 is 11.9 Å². The highest BCUT2D eigenvalue weighted by molar-refractivity contribution is 9.10. The zero-order valence-electron chi connectivity index (χ0n) is 9.40. The van der Waals surface area contributed by atoms with Gasteiger partial charge in [-0.05, 0) is 23.6 Å². The zero-order valence-corrected chi connectivity index (χ0v) is 11.0. The molecule has 0 amide bonds. The number of esters is 1. The van der Waals surface area contributed by atoms with Crippen molar-refractivity contribution in [2.45, 2.75) is 19.3 Å². The molecule has 0 fully saturated rings. The van der Waals surface area contributed by atoms with E-state index in [1.54, 1.807) is 0 Å². The molecule has 0 aliphatic heterocycles. The lowest BCUT2D eigenvalue weighted by Crippen LogP contribution is -2.05. The highest BCUT2D eigenvalue weighted by Gasteiger charge is 2.07. The minimum atomic E-state index is -0.838. The van der Waals surface area contributed by atoms with Gasteiger partial charge in [-0.1, -0.05) is 28.1 Å². The maximum atomic E-state index is 11.1. The molecule has 1 N–H and O–H groups in total. The molecule has 0 radical (unpaired) electrons. The number of rotatable bonds is 5. The number of hydrogen-bond donors (Lipinski definition) is 1. The number of halogens is 1. The fraction of sp³-hybridized carbons (Fsp3) is 0.333. The van der Waals surface area contributed by atoms with E-state index < -0.39 is 5.97 Å². The van der Waals surface area contributed by atoms with E-state index in [1.165, 1.54) is 7.11 Å². The van der Waals surface area contributed by atoms with Crippen molar-refractivity contribution in [2.24, 2.45) is 0 Å². The first-order chi connectivity index (χ1) is 8.02. The number of hydrogen-bond acceptors (Lipinski definition) is 3. The van der Waals surface area contributed by atoms with Gasteiger partial charge in [-0.2, -0.15) is 0 Å². The average Bonchev–Trinajstić information content (AvgIpc) is 2.29. The Kier molecular flexibility index (Phi) is 5.15. The van der Waals surface area contributed by atoms with Gasteiger partial charge in [-0.25, -0.2) is 0 Å². The van der Waals surface area contributed by atoms with Crippen LogP contribution in [0, 0.1) is 0 Å². The number of benzene rings is 1. The molecule has 0 bridgehead atoms. The van der Waals surface area contributed by atoms with E-state index in [-0.39, 0.29) is 18.8 Å². The third-order valence-electron chi connectivity index (χ3n) is 2.29. The average molecular weight is 301 g/mol. The Balaban J connectivity index is 2.78. The molecule has 0 saturated carbocycles. The molecule has 0 aliphatic carbocycles. The first-order valence-electron chi connectivity index (χ1n) is 5.09. The van der Waals surface area contributed by atoms with Gasteiger partial charge in [0.2, 0.25) is 0 Å². The van der Waals surface area contributed by atoms with Crippen LogP contribution in [0.4, 0.5) is 0 Å². The number of carboxylic acids is 1. The van der Waals surface area contributed by atoms with Crippen molar-refractivity contribution in [1.82, 2.24) is 0 Å². The summed E-state index contributed by atoms with van der Waals surface area (Å²) in [7, 11) is 1.34. The molecule has 0 spiro atoms. The smallest absolute Gasteiger partial charge is 0.309 e. The van der Waals surface area contributed by atoms with Crippen LogP contribution in [0.15, 0.2) is 22.7 Å². The maximum Gasteiger partial charge on any atom is 0.309 e. The Morgan fingerprint density at radius 1 is 1.41 bits per heavy atom. The Hall–Kier alpha value is -1.36. The van der Waals surface area contributed by atoms with E-state index in [0.29, 0.717) is 6.42 Å². The van der Waals surface area contributed by atoms with Crippen LogP contribution in [0.2, 0.25) is 0 Å². The SMILES string of the molecule is COC(=O)Cc1ccc(Br)c(CCC(=O)O)c1. The van der Waals surface area contributed by atoms with Crippen LogP contribution in [0.5, 0.6) is 0 Å². The standard InChI is InChI=1S/C12H13BrO4/c1-17-12(16)7-8-2-4-10(13)9(6-8)3-5-11(14)15/h2,4,6H,3,5,7H2,1H3,(H,14,15). The second-order valence-corrected chi connectivity index (χ2v) is 4.43. The highest BCUT2D eigenvalue weighted by atomic mass is 79.9. The molecule has 0 aromatic heterocycles. The summed E-state index contributed by atoms with van der Waals surface area (Å²) in [4.78, 5) is 21.6. The summed E-state index contributed by atoms with van der Waals surface area (Å²) in [6, 6.07) is 5.45. The molecular formula is C12H13BrO4. The highest BCUT2D eigenvalue weighted by Crippen LogP contribution is 2.20. The van der Waals surface area contributed by atoms with Crippen molar-refractivity contribution in [3.05, 3.63) is 33.8 Å². The molecule has 17 heavy (non-hydrogen) atoms. The number of carbonyl (C=O) groups excluding carboxylic acids is 1. The predicted molar refractivity (Wildman–Crippen MR) is 65.8 cm³/mol. The molecule has 1 rings (SSSR count). The lowest BCUT2D eigenvalue weighted by Gasteiger charge is -2.06. The number of carboxylic acid groups (broad SMARTS) is 1. The Morgan fingerprint density at radius 2 is 2.12 bits per heavy atom. The van der Waals surface area contributed by atoms with Gasteiger partial charge in [-0.3, -0.25) is 9.59 Å². The van der Waals surface area contributed by atoms with Gasteiger partial charge in [0, 0.05) is 10.9 Å². The number of aliphatic carboxylic acids is 1. The van der Waals surface area contributed by atoms with Crippen LogP contribution in [0.25, 0.3) is 0 Å². The molecule has 0 heterocycles. The first kappa shape index (κ1) is 13.7. The third-order valence-corrected chi connectivity index (χ3v) is 3.07. The third kappa shape index (κ3) is 4.56. The van der Waals surface area contributed by atoms with Crippen molar-refractivity contribution in [1.29, 1.82) is 0 Å². The van der Waals surface area contributed by atoms with Gasteiger partial charge in [0.15, 0.2) is 0 Å². The molecule has 0 atom stereocenters. The minimum absolute atomic E-state index is 0.0697. The van der Waals surface area contributed by atoms with Crippen molar-refractivity contribution in [3.8, 4) is 0 Å². The normalized spacial score (nSPS) is 10.0. The van der Waals surface area contributed by atoms with E-state index in [0.717, 1.165) is 15.6 Å². The van der Waals surface area contributed by atoms with Gasteiger partial charge in [-0.15, -0.1) is 0 Å². The summed E-state index contributed by atoms with van der Waals surface area (Å²) >= 11 is 3.35. The minimum Gasteiger partial charge on any atom is -0.481 e. The number of carbonyl (C=O) groups is 2. The maximum absolute atomic E-state index is 11.1. The second kappa shape index (κ2) is 6.39. The van der Waals surface area contributed by atoms with Crippen LogP contribution >= 0.6 is 15.9 Å². The van der Waals surface area contributed by atoms with Crippen molar-refractivity contribution in [3.63, 3.8) is 0 Å². The van der Waals surface area contributed by atoms with Crippen LogP contribution in [0.1, 0.15) is 17.5 Å². The lowest BCUT2D eigenvalue weighted by atomic mass is 10.0. The Bertz CT molecular complexity index is 429. The molecule has 0 aliphatic rings. The van der Waals surface area contributed by atoms with E-state index >= 15 is 0 Å². The molecule has 4 nitrogen and oxygen atoms in total. The van der Waals surface area contributed by atoms with E-state index in [4.69, 9.17) is 5.11 Å². The number of methoxy groups -OCH3 is 1. The molecule has 1 aromatic rings. The summed E-state index contributed by atoms with van der Waals surface area (Å²) in [6.45, 7) is 0. The molecule has 5 heteroatoms. The summed E-state index contributed by atoms with van der Waals surface area (Å²) in [5.41, 5.74) is 1.70. The Morgan fingerprint density at radius 3 is 2.71 bits per heavy atom. The number of ether oxygens (including phenoxy) is 1. The monoisotopic (exact) mass is 300 g/mol. The van der Waals surface area contributed by atoms with Crippen molar-refractivity contribution in [2.75, 3.05) is 7.11 Å². The van der Waals surface area contributed by atoms with Crippen LogP contribution in [-0.2, 0) is 27.2 Å². The zero-order chi connectivity index (χ0) is 12.8.